The number of fused-ring (bicyclic) bond motifs is 1. The maximum absolute atomic E-state index is 13.5. The van der Waals surface area contributed by atoms with Crippen molar-refractivity contribution in [2.45, 2.75) is 33.2 Å². The molecule has 0 aliphatic carbocycles. The highest BCUT2D eigenvalue weighted by Crippen LogP contribution is 2.43. The molecular formula is C27H28ClNO4. The van der Waals surface area contributed by atoms with Crippen molar-refractivity contribution >= 4 is 23.2 Å². The van der Waals surface area contributed by atoms with Crippen LogP contribution >= 0.6 is 11.6 Å². The Morgan fingerprint density at radius 2 is 1.45 bits per heavy atom. The van der Waals surface area contributed by atoms with Crippen molar-refractivity contribution in [3.8, 4) is 17.2 Å². The summed E-state index contributed by atoms with van der Waals surface area (Å²) >= 11 is 6.12. The van der Waals surface area contributed by atoms with Gasteiger partial charge in [-0.05, 0) is 86.0 Å². The Kier molecular flexibility index (Phi) is 7.09. The van der Waals surface area contributed by atoms with Gasteiger partial charge in [0.1, 0.15) is 5.75 Å². The zero-order valence-corrected chi connectivity index (χ0v) is 19.9. The second-order valence-corrected chi connectivity index (χ2v) is 8.12. The van der Waals surface area contributed by atoms with Crippen LogP contribution in [0.3, 0.4) is 0 Å². The zero-order chi connectivity index (χ0) is 23.4. The lowest BCUT2D eigenvalue weighted by Crippen LogP contribution is -2.41. The first kappa shape index (κ1) is 23.0. The summed E-state index contributed by atoms with van der Waals surface area (Å²) in [6.45, 7) is 7.47. The van der Waals surface area contributed by atoms with Gasteiger partial charge in [0, 0.05) is 10.7 Å². The first-order valence-electron chi connectivity index (χ1n) is 11.3. The van der Waals surface area contributed by atoms with E-state index in [2.05, 4.69) is 0 Å². The van der Waals surface area contributed by atoms with Gasteiger partial charge in [0.2, 0.25) is 5.91 Å². The first-order chi connectivity index (χ1) is 16.0. The summed E-state index contributed by atoms with van der Waals surface area (Å²) in [4.78, 5) is 15.3. The number of hydrogen-bond acceptors (Lipinski definition) is 4. The highest BCUT2D eigenvalue weighted by atomic mass is 35.5. The predicted molar refractivity (Wildman–Crippen MR) is 131 cm³/mol. The molecule has 4 rings (SSSR count). The second kappa shape index (κ2) is 10.2. The summed E-state index contributed by atoms with van der Waals surface area (Å²) in [6, 6.07) is 18.9. The summed E-state index contributed by atoms with van der Waals surface area (Å²) in [5.74, 6) is 2.15. The Morgan fingerprint density at radius 1 is 0.848 bits per heavy atom. The number of rotatable bonds is 8. The van der Waals surface area contributed by atoms with Gasteiger partial charge >= 0.3 is 0 Å². The van der Waals surface area contributed by atoms with Crippen molar-refractivity contribution in [3.63, 3.8) is 0 Å². The lowest BCUT2D eigenvalue weighted by molar-refractivity contribution is -0.118. The molecule has 6 heteroatoms. The molecule has 0 spiro atoms. The Bertz CT molecular complexity index is 1110. The molecule has 172 valence electrons. The summed E-state index contributed by atoms with van der Waals surface area (Å²) in [7, 11) is 0. The monoisotopic (exact) mass is 465 g/mol. The fourth-order valence-corrected chi connectivity index (χ4v) is 4.36. The molecule has 0 radical (unpaired) electrons. The van der Waals surface area contributed by atoms with E-state index in [0.29, 0.717) is 36.3 Å². The minimum absolute atomic E-state index is 0.00955. The first-order valence-corrected chi connectivity index (χ1v) is 11.7. The normalized spacial score (nSPS) is 15.2. The van der Waals surface area contributed by atoms with Crippen molar-refractivity contribution in [2.24, 2.45) is 0 Å². The van der Waals surface area contributed by atoms with Gasteiger partial charge in [-0.15, -0.1) is 0 Å². The average Bonchev–Trinajstić information content (AvgIpc) is 2.81. The number of carbonyl (C=O) groups excluding carboxylic acids is 1. The Labute approximate surface area is 199 Å². The Balaban J connectivity index is 1.88. The van der Waals surface area contributed by atoms with Crippen molar-refractivity contribution < 1.29 is 19.0 Å². The van der Waals surface area contributed by atoms with Crippen LogP contribution in [-0.2, 0) is 11.2 Å². The van der Waals surface area contributed by atoms with Gasteiger partial charge in [-0.3, -0.25) is 4.79 Å². The van der Waals surface area contributed by atoms with E-state index in [-0.39, 0.29) is 18.4 Å². The van der Waals surface area contributed by atoms with Crippen LogP contribution in [0.25, 0.3) is 0 Å². The molecule has 0 bridgehead atoms. The zero-order valence-electron chi connectivity index (χ0n) is 19.1. The SMILES string of the molecule is CCOc1ccc(C2c3cc(OCC)c(OCC)cc3CC(=O)N2c2ccc(Cl)cc2)cc1. The topological polar surface area (TPSA) is 48.0 Å². The molecule has 1 unspecified atom stereocenters. The summed E-state index contributed by atoms with van der Waals surface area (Å²) in [5, 5.41) is 0.626. The Hall–Kier alpha value is -3.18. The van der Waals surface area contributed by atoms with E-state index >= 15 is 0 Å². The molecule has 0 aromatic heterocycles. The fraction of sp³-hybridized carbons (Fsp3) is 0.296. The van der Waals surface area contributed by atoms with Gasteiger partial charge < -0.3 is 19.1 Å². The second-order valence-electron chi connectivity index (χ2n) is 7.69. The molecule has 0 N–H and O–H groups in total. The van der Waals surface area contributed by atoms with Crippen LogP contribution in [0.4, 0.5) is 5.69 Å². The van der Waals surface area contributed by atoms with Gasteiger partial charge in [0.15, 0.2) is 11.5 Å². The third-order valence-electron chi connectivity index (χ3n) is 5.58. The van der Waals surface area contributed by atoms with Crippen LogP contribution in [0.5, 0.6) is 17.2 Å². The smallest absolute Gasteiger partial charge is 0.232 e. The van der Waals surface area contributed by atoms with Crippen LogP contribution in [0.2, 0.25) is 5.02 Å². The van der Waals surface area contributed by atoms with Crippen molar-refractivity contribution in [3.05, 3.63) is 82.4 Å². The van der Waals surface area contributed by atoms with Crippen molar-refractivity contribution in [2.75, 3.05) is 24.7 Å². The number of amides is 1. The average molecular weight is 466 g/mol. The van der Waals surface area contributed by atoms with Crippen LogP contribution < -0.4 is 19.1 Å². The Morgan fingerprint density at radius 3 is 2.06 bits per heavy atom. The van der Waals surface area contributed by atoms with Crippen molar-refractivity contribution in [1.82, 2.24) is 0 Å². The molecule has 3 aromatic carbocycles. The fourth-order valence-electron chi connectivity index (χ4n) is 4.23. The summed E-state index contributed by atoms with van der Waals surface area (Å²) in [6.07, 6.45) is 0.276. The van der Waals surface area contributed by atoms with E-state index in [1.807, 2.05) is 74.2 Å². The molecule has 0 saturated heterocycles. The molecule has 1 amide bonds. The van der Waals surface area contributed by atoms with E-state index in [1.165, 1.54) is 0 Å². The van der Waals surface area contributed by atoms with E-state index in [1.54, 1.807) is 12.1 Å². The van der Waals surface area contributed by atoms with E-state index in [9.17, 15) is 4.79 Å². The molecule has 5 nitrogen and oxygen atoms in total. The lowest BCUT2D eigenvalue weighted by Gasteiger charge is -2.38. The molecule has 1 atom stereocenters. The van der Waals surface area contributed by atoms with Crippen LogP contribution in [0.1, 0.15) is 43.5 Å². The number of carbonyl (C=O) groups is 1. The van der Waals surface area contributed by atoms with Crippen LogP contribution in [0, 0.1) is 0 Å². The van der Waals surface area contributed by atoms with Gasteiger partial charge in [0.05, 0.1) is 32.3 Å². The molecule has 1 heterocycles. The molecule has 0 fully saturated rings. The molecule has 0 saturated carbocycles. The molecule has 3 aromatic rings. The maximum Gasteiger partial charge on any atom is 0.232 e. The summed E-state index contributed by atoms with van der Waals surface area (Å²) < 4.78 is 17.4. The highest BCUT2D eigenvalue weighted by molar-refractivity contribution is 6.30. The van der Waals surface area contributed by atoms with Gasteiger partial charge in [0.25, 0.3) is 0 Å². The van der Waals surface area contributed by atoms with Gasteiger partial charge in [-0.1, -0.05) is 23.7 Å². The molecule has 33 heavy (non-hydrogen) atoms. The minimum atomic E-state index is -0.326. The number of halogens is 1. The lowest BCUT2D eigenvalue weighted by atomic mass is 9.86. The molecule has 1 aliphatic rings. The third kappa shape index (κ3) is 4.79. The molecular weight excluding hydrogens is 438 g/mol. The van der Waals surface area contributed by atoms with Gasteiger partial charge in [-0.2, -0.15) is 0 Å². The highest BCUT2D eigenvalue weighted by Gasteiger charge is 2.36. The molecule has 1 aliphatic heterocycles. The van der Waals surface area contributed by atoms with Crippen molar-refractivity contribution in [1.29, 1.82) is 0 Å². The number of ether oxygens (including phenoxy) is 3. The summed E-state index contributed by atoms with van der Waals surface area (Å²) in [5.41, 5.74) is 3.73. The standard InChI is InChI=1S/C27H28ClNO4/c1-4-31-22-13-7-18(8-14-22)27-23-17-25(33-6-3)24(32-5-2)15-19(23)16-26(30)29(27)21-11-9-20(28)10-12-21/h7-15,17,27H,4-6,16H2,1-3H3. The number of benzene rings is 3. The predicted octanol–water partition coefficient (Wildman–Crippen LogP) is 6.21. The largest absolute Gasteiger partial charge is 0.494 e. The maximum atomic E-state index is 13.5. The van der Waals surface area contributed by atoms with E-state index < -0.39 is 0 Å². The third-order valence-corrected chi connectivity index (χ3v) is 5.83. The number of hydrogen-bond donors (Lipinski definition) is 0. The quantitative estimate of drug-likeness (QED) is 0.396. The van der Waals surface area contributed by atoms with Crippen LogP contribution in [0.15, 0.2) is 60.7 Å². The van der Waals surface area contributed by atoms with E-state index in [0.717, 1.165) is 28.1 Å². The minimum Gasteiger partial charge on any atom is -0.494 e. The number of anilines is 1. The van der Waals surface area contributed by atoms with E-state index in [4.69, 9.17) is 25.8 Å². The van der Waals surface area contributed by atoms with Crippen LogP contribution in [-0.4, -0.2) is 25.7 Å². The number of nitrogens with zero attached hydrogens (tertiary/aromatic N) is 1. The van der Waals surface area contributed by atoms with Gasteiger partial charge in [-0.25, -0.2) is 0 Å².